The van der Waals surface area contributed by atoms with Crippen molar-refractivity contribution in [3.8, 4) is 0 Å². The van der Waals surface area contributed by atoms with Gasteiger partial charge in [0.2, 0.25) is 5.91 Å². The topological polar surface area (TPSA) is 70.2 Å². The molecule has 0 aromatic heterocycles. The van der Waals surface area contributed by atoms with Gasteiger partial charge in [0.1, 0.15) is 6.04 Å². The third kappa shape index (κ3) is 2.89. The number of thioether (sulfide) groups is 1. The number of amides is 2. The van der Waals surface area contributed by atoms with E-state index in [0.29, 0.717) is 11.8 Å². The fraction of sp³-hybridized carbons (Fsp3) is 0.800. The Kier molecular flexibility index (Phi) is 3.70. The summed E-state index contributed by atoms with van der Waals surface area (Å²) in [5.41, 5.74) is 0. The molecule has 2 aliphatic rings. The SMILES string of the molecule is CC1CC(NC(=O)[C@@H]2CSC(=O)N2)CCN1. The third-order valence-electron chi connectivity index (χ3n) is 2.96. The van der Waals surface area contributed by atoms with Gasteiger partial charge in [0.25, 0.3) is 5.24 Å². The van der Waals surface area contributed by atoms with Gasteiger partial charge in [-0.2, -0.15) is 0 Å². The van der Waals surface area contributed by atoms with Gasteiger partial charge in [-0.25, -0.2) is 0 Å². The summed E-state index contributed by atoms with van der Waals surface area (Å²) in [5.74, 6) is 0.503. The highest BCUT2D eigenvalue weighted by molar-refractivity contribution is 8.14. The Morgan fingerprint density at radius 2 is 2.38 bits per heavy atom. The van der Waals surface area contributed by atoms with Crippen LogP contribution in [0.4, 0.5) is 4.79 Å². The van der Waals surface area contributed by atoms with E-state index in [1.165, 1.54) is 11.8 Å². The summed E-state index contributed by atoms with van der Waals surface area (Å²) < 4.78 is 0. The first-order chi connectivity index (χ1) is 7.65. The zero-order valence-corrected chi connectivity index (χ0v) is 10.1. The first-order valence-corrected chi connectivity index (χ1v) is 6.61. The van der Waals surface area contributed by atoms with E-state index in [2.05, 4.69) is 22.9 Å². The normalized spacial score (nSPS) is 34.6. The van der Waals surface area contributed by atoms with Crippen LogP contribution < -0.4 is 16.0 Å². The molecule has 16 heavy (non-hydrogen) atoms. The van der Waals surface area contributed by atoms with Gasteiger partial charge in [0.15, 0.2) is 0 Å². The Morgan fingerprint density at radius 3 is 3.00 bits per heavy atom. The average molecular weight is 243 g/mol. The lowest BCUT2D eigenvalue weighted by molar-refractivity contribution is -0.123. The highest BCUT2D eigenvalue weighted by atomic mass is 32.2. The van der Waals surface area contributed by atoms with Crippen LogP contribution in [0.3, 0.4) is 0 Å². The zero-order valence-electron chi connectivity index (χ0n) is 9.29. The van der Waals surface area contributed by atoms with E-state index in [9.17, 15) is 9.59 Å². The van der Waals surface area contributed by atoms with Crippen molar-refractivity contribution in [1.82, 2.24) is 16.0 Å². The molecule has 0 spiro atoms. The monoisotopic (exact) mass is 243 g/mol. The molecule has 90 valence electrons. The van der Waals surface area contributed by atoms with Crippen LogP contribution in [0.15, 0.2) is 0 Å². The lowest BCUT2D eigenvalue weighted by Crippen LogP contribution is -2.51. The summed E-state index contributed by atoms with van der Waals surface area (Å²) in [5, 5.41) is 8.89. The van der Waals surface area contributed by atoms with Gasteiger partial charge in [-0.3, -0.25) is 9.59 Å². The minimum atomic E-state index is -0.345. The summed E-state index contributed by atoms with van der Waals surface area (Å²) >= 11 is 1.17. The largest absolute Gasteiger partial charge is 0.351 e. The number of carbonyl (C=O) groups is 2. The molecule has 0 radical (unpaired) electrons. The van der Waals surface area contributed by atoms with Crippen molar-refractivity contribution in [2.45, 2.75) is 37.9 Å². The number of rotatable bonds is 2. The van der Waals surface area contributed by atoms with Gasteiger partial charge in [-0.1, -0.05) is 11.8 Å². The fourth-order valence-electron chi connectivity index (χ4n) is 2.09. The number of hydrogen-bond donors (Lipinski definition) is 3. The maximum absolute atomic E-state index is 11.8. The van der Waals surface area contributed by atoms with E-state index < -0.39 is 0 Å². The van der Waals surface area contributed by atoms with Crippen LogP contribution in [0.5, 0.6) is 0 Å². The molecule has 3 atom stereocenters. The van der Waals surface area contributed by atoms with Gasteiger partial charge >= 0.3 is 0 Å². The lowest BCUT2D eigenvalue weighted by atomic mass is 10.0. The molecule has 5 nitrogen and oxygen atoms in total. The van der Waals surface area contributed by atoms with Crippen LogP contribution >= 0.6 is 11.8 Å². The zero-order chi connectivity index (χ0) is 11.5. The molecule has 0 aliphatic carbocycles. The van der Waals surface area contributed by atoms with Crippen molar-refractivity contribution in [2.75, 3.05) is 12.3 Å². The minimum absolute atomic E-state index is 0.0440. The Balaban J connectivity index is 1.80. The predicted octanol–water partition coefficient (Wildman–Crippen LogP) is 0.0681. The maximum atomic E-state index is 11.8. The van der Waals surface area contributed by atoms with E-state index >= 15 is 0 Å². The van der Waals surface area contributed by atoms with Crippen molar-refractivity contribution in [1.29, 1.82) is 0 Å². The molecular weight excluding hydrogens is 226 g/mol. The molecular formula is C10H17N3O2S. The minimum Gasteiger partial charge on any atom is -0.351 e. The Hall–Kier alpha value is -0.750. The summed E-state index contributed by atoms with van der Waals surface area (Å²) in [6.07, 6.45) is 1.92. The van der Waals surface area contributed by atoms with E-state index in [4.69, 9.17) is 0 Å². The van der Waals surface area contributed by atoms with Crippen LogP contribution in [0.25, 0.3) is 0 Å². The Morgan fingerprint density at radius 1 is 1.56 bits per heavy atom. The average Bonchev–Trinajstić information content (AvgIpc) is 2.65. The molecule has 0 aromatic rings. The molecule has 2 fully saturated rings. The summed E-state index contributed by atoms with van der Waals surface area (Å²) in [4.78, 5) is 22.8. The molecule has 0 saturated carbocycles. The number of nitrogens with one attached hydrogen (secondary N) is 3. The molecule has 2 saturated heterocycles. The fourth-order valence-corrected chi connectivity index (χ4v) is 2.87. The smallest absolute Gasteiger partial charge is 0.279 e. The Bertz CT molecular complexity index is 298. The number of carbonyl (C=O) groups excluding carboxylic acids is 2. The van der Waals surface area contributed by atoms with E-state index in [0.717, 1.165) is 19.4 Å². The van der Waals surface area contributed by atoms with E-state index in [1.807, 2.05) is 0 Å². The molecule has 2 unspecified atom stereocenters. The number of piperidine rings is 1. The van der Waals surface area contributed by atoms with Crippen molar-refractivity contribution in [3.63, 3.8) is 0 Å². The molecule has 0 bridgehead atoms. The maximum Gasteiger partial charge on any atom is 0.279 e. The first kappa shape index (κ1) is 11.7. The first-order valence-electron chi connectivity index (χ1n) is 5.62. The van der Waals surface area contributed by atoms with E-state index in [-0.39, 0.29) is 23.2 Å². The second-order valence-electron chi connectivity index (χ2n) is 4.38. The van der Waals surface area contributed by atoms with Crippen LogP contribution in [0.2, 0.25) is 0 Å². The standard InChI is InChI=1S/C10H17N3O2S/c1-6-4-7(2-3-11-6)12-9(14)8-5-16-10(15)13-8/h6-8,11H,2-5H2,1H3,(H,12,14)(H,13,15)/t6?,7?,8-/m0/s1. The van der Waals surface area contributed by atoms with Gasteiger partial charge in [0, 0.05) is 17.8 Å². The molecule has 6 heteroatoms. The summed E-state index contributed by atoms with van der Waals surface area (Å²) in [6.45, 7) is 3.06. The second-order valence-corrected chi connectivity index (χ2v) is 5.37. The van der Waals surface area contributed by atoms with Crippen molar-refractivity contribution < 1.29 is 9.59 Å². The summed E-state index contributed by atoms with van der Waals surface area (Å²) in [6, 6.07) is 0.348. The molecule has 2 amide bonds. The van der Waals surface area contributed by atoms with E-state index in [1.54, 1.807) is 0 Å². The highest BCUT2D eigenvalue weighted by Crippen LogP contribution is 2.14. The molecule has 2 heterocycles. The van der Waals surface area contributed by atoms with Crippen molar-refractivity contribution in [2.24, 2.45) is 0 Å². The van der Waals surface area contributed by atoms with Gasteiger partial charge in [-0.15, -0.1) is 0 Å². The quantitative estimate of drug-likeness (QED) is 0.642. The van der Waals surface area contributed by atoms with Crippen molar-refractivity contribution in [3.05, 3.63) is 0 Å². The molecule has 0 aromatic carbocycles. The van der Waals surface area contributed by atoms with Crippen molar-refractivity contribution >= 4 is 22.9 Å². The third-order valence-corrected chi connectivity index (χ3v) is 3.84. The van der Waals surface area contributed by atoms with Crippen LogP contribution in [0.1, 0.15) is 19.8 Å². The summed E-state index contributed by atoms with van der Waals surface area (Å²) in [7, 11) is 0. The predicted molar refractivity (Wildman–Crippen MR) is 63.4 cm³/mol. The lowest BCUT2D eigenvalue weighted by Gasteiger charge is -2.29. The van der Waals surface area contributed by atoms with Crippen LogP contribution in [-0.4, -0.2) is 41.6 Å². The molecule has 2 aliphatic heterocycles. The Labute approximate surface area is 99.1 Å². The molecule has 3 N–H and O–H groups in total. The molecule has 2 rings (SSSR count). The van der Waals surface area contributed by atoms with Crippen LogP contribution in [-0.2, 0) is 4.79 Å². The second kappa shape index (κ2) is 5.05. The highest BCUT2D eigenvalue weighted by Gasteiger charge is 2.30. The van der Waals surface area contributed by atoms with Gasteiger partial charge in [0.05, 0.1) is 0 Å². The van der Waals surface area contributed by atoms with Gasteiger partial charge < -0.3 is 16.0 Å². The number of hydrogen-bond acceptors (Lipinski definition) is 4. The van der Waals surface area contributed by atoms with Crippen LogP contribution in [0, 0.1) is 0 Å². The van der Waals surface area contributed by atoms with Gasteiger partial charge in [-0.05, 0) is 26.3 Å².